The Morgan fingerprint density at radius 3 is 2.58 bits per heavy atom. The van der Waals surface area contributed by atoms with Crippen LogP contribution in [0, 0.1) is 5.92 Å². The van der Waals surface area contributed by atoms with Crippen molar-refractivity contribution in [2.75, 3.05) is 37.5 Å². The minimum atomic E-state index is 0.471. The summed E-state index contributed by atoms with van der Waals surface area (Å²) in [4.78, 5) is 6.84. The van der Waals surface area contributed by atoms with E-state index in [4.69, 9.17) is 9.47 Å². The summed E-state index contributed by atoms with van der Waals surface area (Å²) in [6.07, 6.45) is 4.08. The first-order valence-corrected chi connectivity index (χ1v) is 8.13. The Morgan fingerprint density at radius 1 is 1.12 bits per heavy atom. The third-order valence-corrected chi connectivity index (χ3v) is 4.29. The van der Waals surface area contributed by atoms with Crippen molar-refractivity contribution < 1.29 is 9.47 Å². The van der Waals surface area contributed by atoms with Crippen LogP contribution < -0.4 is 19.7 Å². The second kappa shape index (κ2) is 7.33. The molecule has 24 heavy (non-hydrogen) atoms. The highest BCUT2D eigenvalue weighted by Gasteiger charge is 2.18. The van der Waals surface area contributed by atoms with E-state index in [1.165, 1.54) is 12.8 Å². The third-order valence-electron chi connectivity index (χ3n) is 4.29. The summed E-state index contributed by atoms with van der Waals surface area (Å²) in [5.74, 6) is 3.44. The van der Waals surface area contributed by atoms with Gasteiger partial charge in [-0.15, -0.1) is 5.10 Å². The normalized spacial score (nSPS) is 15.2. The smallest absolute Gasteiger partial charge is 0.249 e. The van der Waals surface area contributed by atoms with Gasteiger partial charge >= 0.3 is 0 Å². The van der Waals surface area contributed by atoms with Crippen LogP contribution in [-0.4, -0.2) is 42.5 Å². The van der Waals surface area contributed by atoms with Gasteiger partial charge < -0.3 is 19.7 Å². The monoisotopic (exact) mass is 329 g/mol. The molecule has 0 bridgehead atoms. The standard InChI is InChI=1S/C17H23N5O2/c1-12-6-8-22(9-7-12)16-11-18-21-17(20-16)19-13-4-5-14(23-2)15(10-13)24-3/h4-5,10-12H,6-9H2,1-3H3,(H,19,20,21). The molecular formula is C17H23N5O2. The van der Waals surface area contributed by atoms with Crippen LogP contribution >= 0.6 is 0 Å². The molecule has 0 atom stereocenters. The van der Waals surface area contributed by atoms with Gasteiger partial charge in [0.1, 0.15) is 0 Å². The van der Waals surface area contributed by atoms with Gasteiger partial charge in [0.05, 0.1) is 20.4 Å². The average molecular weight is 329 g/mol. The van der Waals surface area contributed by atoms with Gasteiger partial charge in [-0.05, 0) is 30.9 Å². The number of hydrogen-bond acceptors (Lipinski definition) is 7. The summed E-state index contributed by atoms with van der Waals surface area (Å²) < 4.78 is 10.6. The fraction of sp³-hybridized carbons (Fsp3) is 0.471. The predicted octanol–water partition coefficient (Wildman–Crippen LogP) is 2.87. The summed E-state index contributed by atoms with van der Waals surface area (Å²) in [7, 11) is 3.22. The molecule has 1 N–H and O–H groups in total. The Balaban J connectivity index is 1.75. The highest BCUT2D eigenvalue weighted by atomic mass is 16.5. The maximum atomic E-state index is 5.31. The molecule has 0 saturated carbocycles. The highest BCUT2D eigenvalue weighted by Crippen LogP contribution is 2.30. The van der Waals surface area contributed by atoms with Crippen molar-refractivity contribution in [1.29, 1.82) is 0 Å². The number of ether oxygens (including phenoxy) is 2. The molecule has 0 radical (unpaired) electrons. The molecule has 7 heteroatoms. The summed E-state index contributed by atoms with van der Waals surface area (Å²) in [5.41, 5.74) is 0.818. The van der Waals surface area contributed by atoms with Crippen molar-refractivity contribution in [3.8, 4) is 11.5 Å². The molecule has 2 aromatic rings. The van der Waals surface area contributed by atoms with E-state index in [-0.39, 0.29) is 0 Å². The first-order chi connectivity index (χ1) is 11.7. The molecule has 0 aliphatic carbocycles. The molecule has 1 aliphatic rings. The van der Waals surface area contributed by atoms with Crippen LogP contribution in [-0.2, 0) is 0 Å². The van der Waals surface area contributed by atoms with E-state index in [9.17, 15) is 0 Å². The molecule has 2 heterocycles. The van der Waals surface area contributed by atoms with E-state index in [0.29, 0.717) is 17.4 Å². The van der Waals surface area contributed by atoms with Gasteiger partial charge in [0.15, 0.2) is 17.3 Å². The number of nitrogens with one attached hydrogen (secondary N) is 1. The topological polar surface area (TPSA) is 72.4 Å². The van der Waals surface area contributed by atoms with Crippen molar-refractivity contribution in [3.05, 3.63) is 24.4 Å². The molecule has 128 valence electrons. The molecule has 0 unspecified atom stereocenters. The van der Waals surface area contributed by atoms with E-state index in [0.717, 1.165) is 30.5 Å². The van der Waals surface area contributed by atoms with Gasteiger partial charge in [-0.3, -0.25) is 0 Å². The SMILES string of the molecule is COc1ccc(Nc2nncc(N3CCC(C)CC3)n2)cc1OC. The summed E-state index contributed by atoms with van der Waals surface area (Å²) in [6, 6.07) is 5.57. The quantitative estimate of drug-likeness (QED) is 0.904. The molecule has 0 spiro atoms. The first-order valence-electron chi connectivity index (χ1n) is 8.13. The lowest BCUT2D eigenvalue weighted by atomic mass is 9.99. The zero-order valence-electron chi connectivity index (χ0n) is 14.3. The van der Waals surface area contributed by atoms with Crippen LogP contribution in [0.15, 0.2) is 24.4 Å². The zero-order chi connectivity index (χ0) is 16.9. The van der Waals surface area contributed by atoms with Gasteiger partial charge in [0, 0.05) is 24.8 Å². The summed E-state index contributed by atoms with van der Waals surface area (Å²) in [6.45, 7) is 4.31. The van der Waals surface area contributed by atoms with Crippen LogP contribution in [0.4, 0.5) is 17.5 Å². The van der Waals surface area contributed by atoms with Crippen molar-refractivity contribution in [2.45, 2.75) is 19.8 Å². The summed E-state index contributed by atoms with van der Waals surface area (Å²) in [5, 5.41) is 11.3. The lowest BCUT2D eigenvalue weighted by Crippen LogP contribution is -2.33. The lowest BCUT2D eigenvalue weighted by molar-refractivity contribution is 0.355. The number of rotatable bonds is 5. The van der Waals surface area contributed by atoms with Gasteiger partial charge in [-0.2, -0.15) is 10.1 Å². The van der Waals surface area contributed by atoms with Gasteiger partial charge in [-0.1, -0.05) is 6.92 Å². The fourth-order valence-electron chi connectivity index (χ4n) is 2.78. The fourth-order valence-corrected chi connectivity index (χ4v) is 2.78. The Hall–Kier alpha value is -2.57. The Labute approximate surface area is 142 Å². The van der Waals surface area contributed by atoms with Crippen LogP contribution in [0.2, 0.25) is 0 Å². The minimum absolute atomic E-state index is 0.471. The first kappa shape index (κ1) is 16.3. The molecule has 1 aromatic carbocycles. The van der Waals surface area contributed by atoms with Crippen molar-refractivity contribution >= 4 is 17.5 Å². The van der Waals surface area contributed by atoms with Gasteiger partial charge in [0.25, 0.3) is 0 Å². The maximum Gasteiger partial charge on any atom is 0.249 e. The number of anilines is 3. The summed E-state index contributed by atoms with van der Waals surface area (Å²) >= 11 is 0. The van der Waals surface area contributed by atoms with Crippen LogP contribution in [0.1, 0.15) is 19.8 Å². The molecule has 1 aliphatic heterocycles. The lowest BCUT2D eigenvalue weighted by Gasteiger charge is -2.30. The molecule has 0 amide bonds. The second-order valence-electron chi connectivity index (χ2n) is 6.00. The molecule has 1 saturated heterocycles. The Morgan fingerprint density at radius 2 is 1.88 bits per heavy atom. The Bertz CT molecular complexity index is 686. The van der Waals surface area contributed by atoms with Crippen LogP contribution in [0.5, 0.6) is 11.5 Å². The molecule has 7 nitrogen and oxygen atoms in total. The number of piperidine rings is 1. The van der Waals surface area contributed by atoms with E-state index >= 15 is 0 Å². The number of benzene rings is 1. The molecule has 3 rings (SSSR count). The van der Waals surface area contributed by atoms with Crippen molar-refractivity contribution in [2.24, 2.45) is 5.92 Å². The number of methoxy groups -OCH3 is 2. The van der Waals surface area contributed by atoms with Crippen LogP contribution in [0.25, 0.3) is 0 Å². The number of aromatic nitrogens is 3. The number of hydrogen-bond donors (Lipinski definition) is 1. The average Bonchev–Trinajstić information content (AvgIpc) is 2.62. The molecule has 1 aromatic heterocycles. The van der Waals surface area contributed by atoms with Crippen LogP contribution in [0.3, 0.4) is 0 Å². The van der Waals surface area contributed by atoms with Crippen molar-refractivity contribution in [1.82, 2.24) is 15.2 Å². The highest BCUT2D eigenvalue weighted by molar-refractivity contribution is 5.60. The minimum Gasteiger partial charge on any atom is -0.493 e. The maximum absolute atomic E-state index is 5.31. The molecule has 1 fully saturated rings. The number of nitrogens with zero attached hydrogens (tertiary/aromatic N) is 4. The second-order valence-corrected chi connectivity index (χ2v) is 6.00. The molecular weight excluding hydrogens is 306 g/mol. The largest absolute Gasteiger partial charge is 0.493 e. The third kappa shape index (κ3) is 3.67. The van der Waals surface area contributed by atoms with Crippen molar-refractivity contribution in [3.63, 3.8) is 0 Å². The van der Waals surface area contributed by atoms with E-state index in [2.05, 4.69) is 32.3 Å². The van der Waals surface area contributed by atoms with Gasteiger partial charge in [-0.25, -0.2) is 0 Å². The van der Waals surface area contributed by atoms with E-state index < -0.39 is 0 Å². The predicted molar refractivity (Wildman–Crippen MR) is 93.3 cm³/mol. The zero-order valence-corrected chi connectivity index (χ0v) is 14.3. The van der Waals surface area contributed by atoms with E-state index in [1.54, 1.807) is 20.4 Å². The van der Waals surface area contributed by atoms with E-state index in [1.807, 2.05) is 18.2 Å². The van der Waals surface area contributed by atoms with Gasteiger partial charge in [0.2, 0.25) is 5.95 Å². The Kier molecular flexibility index (Phi) is 4.98.